The van der Waals surface area contributed by atoms with Crippen molar-refractivity contribution in [1.82, 2.24) is 15.2 Å². The number of rotatable bonds is 4. The Kier molecular flexibility index (Phi) is 4.68. The SMILES string of the molecule is COC(=O)[C@H](Sc1ncn[nH]1)c1cccc(Cl)c1Cl. The van der Waals surface area contributed by atoms with E-state index in [9.17, 15) is 4.79 Å². The summed E-state index contributed by atoms with van der Waals surface area (Å²) in [5.41, 5.74) is 0.572. The van der Waals surface area contributed by atoms with Crippen LogP contribution in [0, 0.1) is 0 Å². The van der Waals surface area contributed by atoms with Crippen molar-refractivity contribution in [2.45, 2.75) is 10.4 Å². The number of methoxy groups -OCH3 is 1. The van der Waals surface area contributed by atoms with Gasteiger partial charge in [0, 0.05) is 0 Å². The van der Waals surface area contributed by atoms with Crippen molar-refractivity contribution in [2.75, 3.05) is 7.11 Å². The van der Waals surface area contributed by atoms with E-state index in [4.69, 9.17) is 27.9 Å². The lowest BCUT2D eigenvalue weighted by molar-refractivity contribution is -0.140. The van der Waals surface area contributed by atoms with Gasteiger partial charge in [-0.2, -0.15) is 5.10 Å². The van der Waals surface area contributed by atoms with Gasteiger partial charge >= 0.3 is 5.97 Å². The van der Waals surface area contributed by atoms with Crippen LogP contribution in [0.4, 0.5) is 0 Å². The second-order valence-electron chi connectivity index (χ2n) is 3.45. The molecular weight excluding hydrogens is 309 g/mol. The number of aromatic nitrogens is 3. The molecule has 5 nitrogen and oxygen atoms in total. The second-order valence-corrected chi connectivity index (χ2v) is 5.33. The van der Waals surface area contributed by atoms with E-state index in [1.807, 2.05) is 0 Å². The molecule has 1 aromatic carbocycles. The number of H-pyrrole nitrogens is 1. The van der Waals surface area contributed by atoms with E-state index in [1.165, 1.54) is 13.4 Å². The molecule has 1 heterocycles. The number of esters is 1. The Hall–Kier alpha value is -1.24. The molecule has 0 bridgehead atoms. The van der Waals surface area contributed by atoms with Crippen LogP contribution in [0.25, 0.3) is 0 Å². The Morgan fingerprint density at radius 1 is 1.47 bits per heavy atom. The fourth-order valence-corrected chi connectivity index (χ4v) is 2.87. The average Bonchev–Trinajstić information content (AvgIpc) is 2.92. The number of benzene rings is 1. The van der Waals surface area contributed by atoms with Crippen molar-refractivity contribution < 1.29 is 9.53 Å². The maximum absolute atomic E-state index is 11.9. The zero-order valence-corrected chi connectivity index (χ0v) is 12.1. The Morgan fingerprint density at radius 2 is 2.26 bits per heavy atom. The third-order valence-electron chi connectivity index (χ3n) is 2.30. The van der Waals surface area contributed by atoms with Crippen molar-refractivity contribution in [3.63, 3.8) is 0 Å². The van der Waals surface area contributed by atoms with Gasteiger partial charge in [0.05, 0.1) is 17.2 Å². The minimum Gasteiger partial charge on any atom is -0.468 e. The summed E-state index contributed by atoms with van der Waals surface area (Å²) < 4.78 is 4.79. The Bertz CT molecular complexity index is 577. The predicted octanol–water partition coefficient (Wildman–Crippen LogP) is 3.12. The van der Waals surface area contributed by atoms with Crippen molar-refractivity contribution in [2.24, 2.45) is 0 Å². The second kappa shape index (κ2) is 6.27. The predicted molar refractivity (Wildman–Crippen MR) is 73.5 cm³/mol. The van der Waals surface area contributed by atoms with Crippen LogP contribution in [0.2, 0.25) is 10.0 Å². The number of halogens is 2. The Morgan fingerprint density at radius 3 is 2.89 bits per heavy atom. The Balaban J connectivity index is 2.37. The summed E-state index contributed by atoms with van der Waals surface area (Å²) in [5.74, 6) is -0.439. The van der Waals surface area contributed by atoms with Crippen molar-refractivity contribution in [1.29, 1.82) is 0 Å². The topological polar surface area (TPSA) is 67.9 Å². The monoisotopic (exact) mass is 317 g/mol. The van der Waals surface area contributed by atoms with Gasteiger partial charge in [0.15, 0.2) is 5.16 Å². The molecule has 0 amide bonds. The van der Waals surface area contributed by atoms with Crippen LogP contribution in [0.1, 0.15) is 10.8 Å². The molecule has 8 heteroatoms. The van der Waals surface area contributed by atoms with Gasteiger partial charge in [0.2, 0.25) is 0 Å². The molecule has 0 fully saturated rings. The third kappa shape index (κ3) is 3.20. The lowest BCUT2D eigenvalue weighted by Crippen LogP contribution is -2.12. The van der Waals surface area contributed by atoms with E-state index >= 15 is 0 Å². The maximum atomic E-state index is 11.9. The summed E-state index contributed by atoms with van der Waals surface area (Å²) in [6.45, 7) is 0. The van der Waals surface area contributed by atoms with Crippen LogP contribution < -0.4 is 0 Å². The van der Waals surface area contributed by atoms with Gasteiger partial charge in [-0.05, 0) is 11.6 Å². The molecule has 1 atom stereocenters. The van der Waals surface area contributed by atoms with Gasteiger partial charge in [-0.3, -0.25) is 9.89 Å². The number of nitrogens with one attached hydrogen (secondary N) is 1. The molecule has 1 N–H and O–H groups in total. The fourth-order valence-electron chi connectivity index (χ4n) is 1.43. The summed E-state index contributed by atoms with van der Waals surface area (Å²) in [6.07, 6.45) is 1.36. The van der Waals surface area contributed by atoms with E-state index in [-0.39, 0.29) is 0 Å². The van der Waals surface area contributed by atoms with E-state index in [0.717, 1.165) is 11.8 Å². The first-order valence-corrected chi connectivity index (χ1v) is 6.80. The first kappa shape index (κ1) is 14.2. The van der Waals surface area contributed by atoms with E-state index < -0.39 is 11.2 Å². The molecule has 100 valence electrons. The van der Waals surface area contributed by atoms with Gasteiger partial charge in [-0.1, -0.05) is 47.1 Å². The van der Waals surface area contributed by atoms with Crippen molar-refractivity contribution in [3.05, 3.63) is 40.1 Å². The lowest BCUT2D eigenvalue weighted by atomic mass is 10.1. The third-order valence-corrected chi connectivity index (χ3v) is 4.24. The number of hydrogen-bond acceptors (Lipinski definition) is 5. The molecule has 0 radical (unpaired) electrons. The number of carbonyl (C=O) groups excluding carboxylic acids is 1. The van der Waals surface area contributed by atoms with E-state index in [2.05, 4.69) is 15.2 Å². The van der Waals surface area contributed by atoms with Crippen LogP contribution in [0.15, 0.2) is 29.7 Å². The van der Waals surface area contributed by atoms with Gasteiger partial charge in [-0.15, -0.1) is 0 Å². The highest BCUT2D eigenvalue weighted by Gasteiger charge is 2.27. The van der Waals surface area contributed by atoms with Gasteiger partial charge in [0.1, 0.15) is 11.6 Å². The molecule has 19 heavy (non-hydrogen) atoms. The quantitative estimate of drug-likeness (QED) is 0.693. The summed E-state index contributed by atoms with van der Waals surface area (Å²) >= 11 is 13.2. The zero-order chi connectivity index (χ0) is 13.8. The first-order chi connectivity index (χ1) is 9.13. The molecule has 0 unspecified atom stereocenters. The standard InChI is InChI=1S/C11H9Cl2N3O2S/c1-18-10(17)9(19-11-14-5-15-16-11)6-3-2-4-7(12)8(6)13/h2-5,9H,1H3,(H,14,15,16)/t9-/m1/s1. The van der Waals surface area contributed by atoms with Crippen LogP contribution in [-0.4, -0.2) is 28.3 Å². The first-order valence-electron chi connectivity index (χ1n) is 5.17. The van der Waals surface area contributed by atoms with E-state index in [1.54, 1.807) is 18.2 Å². The van der Waals surface area contributed by atoms with E-state index in [0.29, 0.717) is 20.8 Å². The number of ether oxygens (including phenoxy) is 1. The number of carbonyl (C=O) groups is 1. The highest BCUT2D eigenvalue weighted by molar-refractivity contribution is 8.00. The molecule has 1 aromatic heterocycles. The number of thioether (sulfide) groups is 1. The lowest BCUT2D eigenvalue weighted by Gasteiger charge is -2.15. The molecule has 0 aliphatic carbocycles. The molecule has 0 spiro atoms. The fraction of sp³-hybridized carbons (Fsp3) is 0.182. The number of aromatic amines is 1. The normalized spacial score (nSPS) is 12.2. The minimum absolute atomic E-state index is 0.326. The largest absolute Gasteiger partial charge is 0.468 e. The van der Waals surface area contributed by atoms with Gasteiger partial charge in [-0.25, -0.2) is 4.98 Å². The summed E-state index contributed by atoms with van der Waals surface area (Å²) in [4.78, 5) is 15.9. The molecule has 2 aromatic rings. The number of nitrogens with zero attached hydrogens (tertiary/aromatic N) is 2. The van der Waals surface area contributed by atoms with Crippen molar-refractivity contribution in [3.8, 4) is 0 Å². The number of hydrogen-bond donors (Lipinski definition) is 1. The van der Waals surface area contributed by atoms with Crippen molar-refractivity contribution >= 4 is 40.9 Å². The summed E-state index contributed by atoms with van der Waals surface area (Å²) in [7, 11) is 1.31. The van der Waals surface area contributed by atoms with Gasteiger partial charge < -0.3 is 4.74 Å². The van der Waals surface area contributed by atoms with Crippen LogP contribution >= 0.6 is 35.0 Å². The molecule has 2 rings (SSSR count). The highest BCUT2D eigenvalue weighted by atomic mass is 35.5. The Labute approximate surface area is 123 Å². The van der Waals surface area contributed by atoms with Crippen LogP contribution in [0.3, 0.4) is 0 Å². The maximum Gasteiger partial charge on any atom is 0.323 e. The molecule has 0 saturated heterocycles. The summed E-state index contributed by atoms with van der Waals surface area (Å²) in [6, 6.07) is 5.10. The zero-order valence-electron chi connectivity index (χ0n) is 9.76. The molecule has 0 aliphatic rings. The average molecular weight is 318 g/mol. The van der Waals surface area contributed by atoms with Gasteiger partial charge in [0.25, 0.3) is 0 Å². The van der Waals surface area contributed by atoms with Crippen LogP contribution in [0.5, 0.6) is 0 Å². The molecular formula is C11H9Cl2N3O2S. The molecule has 0 saturated carbocycles. The molecule has 0 aliphatic heterocycles. The minimum atomic E-state index is -0.663. The van der Waals surface area contributed by atoms with Crippen LogP contribution in [-0.2, 0) is 9.53 Å². The highest BCUT2D eigenvalue weighted by Crippen LogP contribution is 2.39. The summed E-state index contributed by atoms with van der Waals surface area (Å²) in [5, 5.41) is 6.93. The smallest absolute Gasteiger partial charge is 0.323 e.